The molecule has 0 bridgehead atoms. The van der Waals surface area contributed by atoms with Crippen LogP contribution in [0.15, 0.2) is 60.7 Å². The number of nitrogens with zero attached hydrogens (tertiary/aromatic N) is 4. The van der Waals surface area contributed by atoms with Crippen molar-refractivity contribution in [1.29, 1.82) is 0 Å². The minimum atomic E-state index is -0.629. The summed E-state index contributed by atoms with van der Waals surface area (Å²) < 4.78 is 0. The summed E-state index contributed by atoms with van der Waals surface area (Å²) in [6, 6.07) is 18.5. The van der Waals surface area contributed by atoms with Crippen molar-refractivity contribution in [2.24, 2.45) is 5.92 Å². The molecule has 2 fully saturated rings. The first-order valence-electron chi connectivity index (χ1n) is 12.4. The summed E-state index contributed by atoms with van der Waals surface area (Å²) in [7, 11) is 0. The van der Waals surface area contributed by atoms with Crippen LogP contribution in [0.1, 0.15) is 44.9 Å². The summed E-state index contributed by atoms with van der Waals surface area (Å²) in [6.45, 7) is 9.04. The van der Waals surface area contributed by atoms with Crippen LogP contribution in [0.5, 0.6) is 0 Å². The number of fused-ring (bicyclic) bond motifs is 1. The van der Waals surface area contributed by atoms with Crippen molar-refractivity contribution in [3.8, 4) is 0 Å². The first-order chi connectivity index (χ1) is 16.8. The van der Waals surface area contributed by atoms with E-state index in [-0.39, 0.29) is 42.9 Å². The van der Waals surface area contributed by atoms with E-state index < -0.39 is 12.2 Å². The number of rotatable bonds is 6. The highest BCUT2D eigenvalue weighted by atomic mass is 16.2. The number of amides is 4. The van der Waals surface area contributed by atoms with Crippen LogP contribution in [0, 0.1) is 5.92 Å². The fourth-order valence-electron chi connectivity index (χ4n) is 5.10. The van der Waals surface area contributed by atoms with Crippen LogP contribution >= 0.6 is 0 Å². The summed E-state index contributed by atoms with van der Waals surface area (Å²) >= 11 is 0. The SMILES string of the molecule is CCN1CC(=O)N2[C@@H](C(C)C)C(=O)N([C@@H](C)c3ccccc3)C[C@@H]2N1C(=O)NCc1ccccc1. The normalized spacial score (nSPS) is 21.8. The number of piperazine rings is 1. The summed E-state index contributed by atoms with van der Waals surface area (Å²) in [5.41, 5.74) is 2.01. The maximum Gasteiger partial charge on any atom is 0.334 e. The molecule has 2 aliphatic rings. The Kier molecular flexibility index (Phi) is 7.40. The molecule has 2 heterocycles. The van der Waals surface area contributed by atoms with E-state index in [1.165, 1.54) is 0 Å². The maximum absolute atomic E-state index is 13.7. The molecule has 186 valence electrons. The molecule has 0 spiro atoms. The molecule has 1 N–H and O–H groups in total. The van der Waals surface area contributed by atoms with Crippen LogP contribution in [0.25, 0.3) is 0 Å². The van der Waals surface area contributed by atoms with Crippen LogP contribution in [0.2, 0.25) is 0 Å². The Morgan fingerprint density at radius 2 is 1.63 bits per heavy atom. The topological polar surface area (TPSA) is 76.2 Å². The molecular formula is C27H35N5O3. The second-order valence-electron chi connectivity index (χ2n) is 9.52. The molecule has 2 aromatic rings. The number of hydrazine groups is 1. The van der Waals surface area contributed by atoms with Gasteiger partial charge in [0.15, 0.2) is 0 Å². The summed E-state index contributed by atoms with van der Waals surface area (Å²) in [4.78, 5) is 44.0. The maximum atomic E-state index is 13.7. The van der Waals surface area contributed by atoms with Gasteiger partial charge >= 0.3 is 6.03 Å². The van der Waals surface area contributed by atoms with Gasteiger partial charge in [-0.05, 0) is 24.0 Å². The average molecular weight is 478 g/mol. The Labute approximate surface area is 207 Å². The minimum Gasteiger partial charge on any atom is -0.333 e. The lowest BCUT2D eigenvalue weighted by Gasteiger charge is -2.56. The van der Waals surface area contributed by atoms with Crippen molar-refractivity contribution in [2.75, 3.05) is 19.6 Å². The summed E-state index contributed by atoms with van der Waals surface area (Å²) in [6.07, 6.45) is -0.580. The van der Waals surface area contributed by atoms with E-state index in [1.807, 2.05) is 93.3 Å². The standard InChI is InChI=1S/C27H35N5O3/c1-5-29-18-24(33)31-23(32(29)27(35)28-16-21-12-8-6-9-13-21)17-30(26(34)25(31)19(2)3)20(4)22-14-10-7-11-15-22/h6-15,19-20,23,25H,5,16-18H2,1-4H3,(H,28,35)/t20-,23-,25-/m0/s1. The zero-order valence-corrected chi connectivity index (χ0v) is 20.9. The monoisotopic (exact) mass is 477 g/mol. The number of carbonyl (C=O) groups excluding carboxylic acids is 3. The van der Waals surface area contributed by atoms with Gasteiger partial charge in [0, 0.05) is 13.1 Å². The number of hydrogen-bond acceptors (Lipinski definition) is 4. The first-order valence-corrected chi connectivity index (χ1v) is 12.4. The number of carbonyl (C=O) groups is 3. The predicted molar refractivity (Wildman–Crippen MR) is 134 cm³/mol. The van der Waals surface area contributed by atoms with E-state index in [1.54, 1.807) is 14.9 Å². The quantitative estimate of drug-likeness (QED) is 0.693. The molecule has 0 radical (unpaired) electrons. The van der Waals surface area contributed by atoms with E-state index >= 15 is 0 Å². The van der Waals surface area contributed by atoms with Gasteiger partial charge in [-0.15, -0.1) is 0 Å². The van der Waals surface area contributed by atoms with Crippen molar-refractivity contribution in [2.45, 2.75) is 52.5 Å². The Morgan fingerprint density at radius 3 is 2.23 bits per heavy atom. The van der Waals surface area contributed by atoms with Crippen LogP contribution in [0.4, 0.5) is 4.79 Å². The lowest BCUT2D eigenvalue weighted by atomic mass is 9.94. The Morgan fingerprint density at radius 1 is 1.00 bits per heavy atom. The highest BCUT2D eigenvalue weighted by molar-refractivity contribution is 5.91. The zero-order chi connectivity index (χ0) is 25.1. The zero-order valence-electron chi connectivity index (χ0n) is 20.9. The fraction of sp³-hybridized carbons (Fsp3) is 0.444. The third-order valence-corrected chi connectivity index (χ3v) is 6.95. The highest BCUT2D eigenvalue weighted by Gasteiger charge is 2.52. The molecule has 0 aromatic heterocycles. The molecule has 3 atom stereocenters. The molecule has 4 amide bonds. The van der Waals surface area contributed by atoms with Crippen LogP contribution in [-0.4, -0.2) is 69.5 Å². The van der Waals surface area contributed by atoms with E-state index in [9.17, 15) is 14.4 Å². The number of benzene rings is 2. The van der Waals surface area contributed by atoms with Gasteiger partial charge < -0.3 is 15.1 Å². The van der Waals surface area contributed by atoms with Gasteiger partial charge in [0.25, 0.3) is 0 Å². The Bertz CT molecular complexity index is 1050. The smallest absolute Gasteiger partial charge is 0.333 e. The molecule has 0 aliphatic carbocycles. The van der Waals surface area contributed by atoms with Gasteiger partial charge in [-0.25, -0.2) is 14.8 Å². The Hall–Kier alpha value is -3.39. The lowest BCUT2D eigenvalue weighted by molar-refractivity contribution is -0.194. The molecule has 8 heteroatoms. The number of hydrogen-bond donors (Lipinski definition) is 1. The molecule has 4 rings (SSSR count). The van der Waals surface area contributed by atoms with Gasteiger partial charge in [0.2, 0.25) is 11.8 Å². The van der Waals surface area contributed by atoms with Crippen molar-refractivity contribution in [1.82, 2.24) is 25.1 Å². The molecule has 2 aliphatic heterocycles. The highest BCUT2D eigenvalue weighted by Crippen LogP contribution is 2.33. The van der Waals surface area contributed by atoms with Crippen molar-refractivity contribution < 1.29 is 14.4 Å². The van der Waals surface area contributed by atoms with Gasteiger partial charge in [-0.1, -0.05) is 81.4 Å². The molecular weight excluding hydrogens is 442 g/mol. The number of likely N-dealkylation sites (N-methyl/N-ethyl adjacent to an activating group) is 1. The third kappa shape index (κ3) is 4.89. The van der Waals surface area contributed by atoms with Crippen LogP contribution in [-0.2, 0) is 16.1 Å². The second-order valence-corrected chi connectivity index (χ2v) is 9.52. The van der Waals surface area contributed by atoms with Crippen molar-refractivity contribution in [3.05, 3.63) is 71.8 Å². The van der Waals surface area contributed by atoms with Crippen LogP contribution < -0.4 is 5.32 Å². The predicted octanol–water partition coefficient (Wildman–Crippen LogP) is 3.23. The molecule has 35 heavy (non-hydrogen) atoms. The van der Waals surface area contributed by atoms with Crippen molar-refractivity contribution >= 4 is 17.8 Å². The van der Waals surface area contributed by atoms with E-state index in [2.05, 4.69) is 5.32 Å². The first kappa shape index (κ1) is 24.7. The molecule has 2 aromatic carbocycles. The molecule has 2 saturated heterocycles. The van der Waals surface area contributed by atoms with E-state index in [0.29, 0.717) is 13.1 Å². The molecule has 8 nitrogen and oxygen atoms in total. The molecule has 0 saturated carbocycles. The van der Waals surface area contributed by atoms with E-state index in [4.69, 9.17) is 0 Å². The Balaban J connectivity index is 1.66. The average Bonchev–Trinajstić information content (AvgIpc) is 2.87. The molecule has 0 unspecified atom stereocenters. The minimum absolute atomic E-state index is 0.0660. The van der Waals surface area contributed by atoms with Crippen LogP contribution in [0.3, 0.4) is 0 Å². The van der Waals surface area contributed by atoms with E-state index in [0.717, 1.165) is 11.1 Å². The van der Waals surface area contributed by atoms with Gasteiger partial charge in [-0.2, -0.15) is 0 Å². The second kappa shape index (κ2) is 10.5. The van der Waals surface area contributed by atoms with Crippen molar-refractivity contribution in [3.63, 3.8) is 0 Å². The largest absolute Gasteiger partial charge is 0.334 e. The summed E-state index contributed by atoms with van der Waals surface area (Å²) in [5, 5.41) is 6.45. The third-order valence-electron chi connectivity index (χ3n) is 6.95. The lowest BCUT2D eigenvalue weighted by Crippen LogP contribution is -2.77. The van der Waals surface area contributed by atoms with Gasteiger partial charge in [-0.3, -0.25) is 9.59 Å². The fourth-order valence-corrected chi connectivity index (χ4v) is 5.10. The van der Waals surface area contributed by atoms with Gasteiger partial charge in [0.05, 0.1) is 19.1 Å². The van der Waals surface area contributed by atoms with Gasteiger partial charge in [0.1, 0.15) is 12.2 Å². The number of nitrogens with one attached hydrogen (secondary N) is 1. The summed E-state index contributed by atoms with van der Waals surface area (Å²) in [5.74, 6) is -0.291. The number of urea groups is 1.